The number of nitrogens with zero attached hydrogens (tertiary/aromatic N) is 2. The first kappa shape index (κ1) is 21.0. The van der Waals surface area contributed by atoms with E-state index in [0.717, 1.165) is 18.4 Å². The zero-order valence-electron chi connectivity index (χ0n) is 16.1. The fraction of sp³-hybridized carbons (Fsp3) is 0.474. The van der Waals surface area contributed by atoms with Crippen molar-refractivity contribution in [2.45, 2.75) is 44.8 Å². The molecule has 0 radical (unpaired) electrons. The third-order valence-electron chi connectivity index (χ3n) is 4.42. The van der Waals surface area contributed by atoms with Gasteiger partial charge in [-0.1, -0.05) is 63.2 Å². The first-order chi connectivity index (χ1) is 13.0. The number of aryl methyl sites for hydroxylation is 1. The van der Waals surface area contributed by atoms with Crippen molar-refractivity contribution in [3.8, 4) is 11.4 Å². The number of thioether (sulfide) groups is 1. The number of rotatable bonds is 9. The Bertz CT molecular complexity index is 761. The molecule has 0 bridgehead atoms. The van der Waals surface area contributed by atoms with Crippen LogP contribution in [0.3, 0.4) is 0 Å². The Balaban J connectivity index is 1.93. The predicted octanol–water partition coefficient (Wildman–Crippen LogP) is 2.83. The number of aromatic amines is 1. The van der Waals surface area contributed by atoms with Crippen LogP contribution in [-0.2, 0) is 20.7 Å². The summed E-state index contributed by atoms with van der Waals surface area (Å²) >= 11 is 1.21. The number of hydrogen-bond donors (Lipinski definition) is 2. The number of H-pyrrole nitrogens is 1. The van der Waals surface area contributed by atoms with E-state index in [0.29, 0.717) is 11.0 Å². The Labute approximate surface area is 163 Å². The van der Waals surface area contributed by atoms with Crippen molar-refractivity contribution in [1.82, 2.24) is 20.5 Å². The van der Waals surface area contributed by atoms with Crippen molar-refractivity contribution in [1.29, 1.82) is 0 Å². The standard InChI is InChI=1S/C19H26N4O3S/c1-5-12(3)16(18(25)26-4)20-15(24)11-27-19-21-17(22-23-19)14-9-7-13(6-2)8-10-14/h7-10,12,16H,5-6,11H2,1-4H3,(H,20,24)(H,21,22,23)/t12-,16-/m1/s1. The molecule has 0 aliphatic heterocycles. The van der Waals surface area contributed by atoms with Gasteiger partial charge in [0.2, 0.25) is 11.1 Å². The van der Waals surface area contributed by atoms with Crippen LogP contribution in [0.5, 0.6) is 0 Å². The second-order valence-corrected chi connectivity index (χ2v) is 7.20. The van der Waals surface area contributed by atoms with E-state index in [4.69, 9.17) is 4.74 Å². The number of methoxy groups -OCH3 is 1. The molecule has 0 aliphatic rings. The van der Waals surface area contributed by atoms with Crippen LogP contribution in [-0.4, -0.2) is 46.0 Å². The van der Waals surface area contributed by atoms with Gasteiger partial charge in [-0.25, -0.2) is 9.78 Å². The number of carbonyl (C=O) groups is 2. The number of benzene rings is 1. The van der Waals surface area contributed by atoms with E-state index in [-0.39, 0.29) is 17.6 Å². The van der Waals surface area contributed by atoms with E-state index in [2.05, 4.69) is 39.6 Å². The molecule has 0 fully saturated rings. The van der Waals surface area contributed by atoms with Gasteiger partial charge in [0.1, 0.15) is 6.04 Å². The lowest BCUT2D eigenvalue weighted by molar-refractivity contribution is -0.146. The van der Waals surface area contributed by atoms with Crippen molar-refractivity contribution in [2.24, 2.45) is 5.92 Å². The minimum atomic E-state index is -0.645. The maximum atomic E-state index is 12.2. The van der Waals surface area contributed by atoms with Gasteiger partial charge < -0.3 is 10.1 Å². The summed E-state index contributed by atoms with van der Waals surface area (Å²) in [6, 6.07) is 7.45. The summed E-state index contributed by atoms with van der Waals surface area (Å²) in [5.74, 6) is 0.0867. The average molecular weight is 391 g/mol. The second-order valence-electron chi connectivity index (χ2n) is 6.26. The molecule has 2 aromatic rings. The summed E-state index contributed by atoms with van der Waals surface area (Å²) in [6.07, 6.45) is 1.74. The highest BCUT2D eigenvalue weighted by Crippen LogP contribution is 2.20. The molecular weight excluding hydrogens is 364 g/mol. The Morgan fingerprint density at radius 1 is 1.26 bits per heavy atom. The predicted molar refractivity (Wildman–Crippen MR) is 105 cm³/mol. The van der Waals surface area contributed by atoms with Gasteiger partial charge in [-0.3, -0.25) is 9.89 Å². The van der Waals surface area contributed by atoms with Crippen LogP contribution in [0.15, 0.2) is 29.4 Å². The van der Waals surface area contributed by atoms with Crippen LogP contribution in [0, 0.1) is 5.92 Å². The van der Waals surface area contributed by atoms with Crippen molar-refractivity contribution in [2.75, 3.05) is 12.9 Å². The van der Waals surface area contributed by atoms with E-state index >= 15 is 0 Å². The molecule has 27 heavy (non-hydrogen) atoms. The lowest BCUT2D eigenvalue weighted by atomic mass is 9.99. The number of amides is 1. The highest BCUT2D eigenvalue weighted by molar-refractivity contribution is 7.99. The van der Waals surface area contributed by atoms with Gasteiger partial charge >= 0.3 is 5.97 Å². The molecule has 1 heterocycles. The van der Waals surface area contributed by atoms with Crippen LogP contribution in [0.25, 0.3) is 11.4 Å². The molecule has 7 nitrogen and oxygen atoms in total. The van der Waals surface area contributed by atoms with Crippen LogP contribution < -0.4 is 5.32 Å². The fourth-order valence-corrected chi connectivity index (χ4v) is 3.09. The smallest absolute Gasteiger partial charge is 0.328 e. The number of aromatic nitrogens is 3. The Morgan fingerprint density at radius 3 is 2.56 bits per heavy atom. The third-order valence-corrected chi connectivity index (χ3v) is 5.26. The molecule has 0 unspecified atom stereocenters. The lowest BCUT2D eigenvalue weighted by Gasteiger charge is -2.21. The van der Waals surface area contributed by atoms with Crippen LogP contribution >= 0.6 is 11.8 Å². The summed E-state index contributed by atoms with van der Waals surface area (Å²) in [5.41, 5.74) is 2.20. The minimum absolute atomic E-state index is 0.00685. The molecule has 1 amide bonds. The summed E-state index contributed by atoms with van der Waals surface area (Å²) in [6.45, 7) is 5.97. The Morgan fingerprint density at radius 2 is 1.96 bits per heavy atom. The number of carbonyl (C=O) groups excluding carboxylic acids is 2. The summed E-state index contributed by atoms with van der Waals surface area (Å²) in [7, 11) is 1.32. The monoisotopic (exact) mass is 390 g/mol. The number of nitrogens with one attached hydrogen (secondary N) is 2. The molecule has 1 aromatic heterocycles. The first-order valence-corrected chi connectivity index (χ1v) is 9.98. The van der Waals surface area contributed by atoms with Gasteiger partial charge in [0.15, 0.2) is 5.82 Å². The quantitative estimate of drug-likeness (QED) is 0.505. The van der Waals surface area contributed by atoms with Gasteiger partial charge in [0.05, 0.1) is 12.9 Å². The molecule has 0 saturated carbocycles. The van der Waals surface area contributed by atoms with Gasteiger partial charge in [0.25, 0.3) is 0 Å². The van der Waals surface area contributed by atoms with Gasteiger partial charge in [0, 0.05) is 5.56 Å². The molecule has 1 aromatic carbocycles. The number of hydrogen-bond acceptors (Lipinski definition) is 6. The average Bonchev–Trinajstić information content (AvgIpc) is 3.18. The van der Waals surface area contributed by atoms with Crippen LogP contribution in [0.4, 0.5) is 0 Å². The highest BCUT2D eigenvalue weighted by atomic mass is 32.2. The molecule has 0 spiro atoms. The molecule has 146 valence electrons. The molecule has 8 heteroatoms. The maximum absolute atomic E-state index is 12.2. The van der Waals surface area contributed by atoms with Crippen molar-refractivity contribution < 1.29 is 14.3 Å². The zero-order valence-corrected chi connectivity index (χ0v) is 16.9. The molecule has 2 atom stereocenters. The first-order valence-electron chi connectivity index (χ1n) is 9.00. The summed E-state index contributed by atoms with van der Waals surface area (Å²) < 4.78 is 4.78. The normalized spacial score (nSPS) is 13.0. The maximum Gasteiger partial charge on any atom is 0.328 e. The van der Waals surface area contributed by atoms with Crippen molar-refractivity contribution in [3.63, 3.8) is 0 Å². The number of esters is 1. The Hall–Kier alpha value is -2.35. The molecule has 2 N–H and O–H groups in total. The largest absolute Gasteiger partial charge is 0.467 e. The van der Waals surface area contributed by atoms with E-state index in [1.54, 1.807) is 0 Å². The zero-order chi connectivity index (χ0) is 19.8. The molecule has 0 aliphatic carbocycles. The number of ether oxygens (including phenoxy) is 1. The Kier molecular flexibility index (Phi) is 7.84. The fourth-order valence-electron chi connectivity index (χ4n) is 2.48. The highest BCUT2D eigenvalue weighted by Gasteiger charge is 2.26. The lowest BCUT2D eigenvalue weighted by Crippen LogP contribution is -2.46. The van der Waals surface area contributed by atoms with E-state index < -0.39 is 12.0 Å². The van der Waals surface area contributed by atoms with Gasteiger partial charge in [-0.15, -0.1) is 5.10 Å². The summed E-state index contributed by atoms with van der Waals surface area (Å²) in [5, 5.41) is 10.3. The van der Waals surface area contributed by atoms with E-state index in [1.807, 2.05) is 26.0 Å². The molecule has 2 rings (SSSR count). The van der Waals surface area contributed by atoms with Gasteiger partial charge in [-0.05, 0) is 17.9 Å². The van der Waals surface area contributed by atoms with E-state index in [1.165, 1.54) is 24.4 Å². The van der Waals surface area contributed by atoms with Crippen molar-refractivity contribution >= 4 is 23.6 Å². The van der Waals surface area contributed by atoms with Crippen LogP contribution in [0.1, 0.15) is 32.8 Å². The minimum Gasteiger partial charge on any atom is -0.467 e. The molecular formula is C19H26N4O3S. The third kappa shape index (κ3) is 5.82. The van der Waals surface area contributed by atoms with Crippen molar-refractivity contribution in [3.05, 3.63) is 29.8 Å². The SMILES string of the molecule is CCc1ccc(-c2nc(SCC(=O)N[C@@H](C(=O)OC)[C@H](C)CC)n[nH]2)cc1. The van der Waals surface area contributed by atoms with Gasteiger partial charge in [-0.2, -0.15) is 0 Å². The topological polar surface area (TPSA) is 97.0 Å². The van der Waals surface area contributed by atoms with E-state index in [9.17, 15) is 9.59 Å². The molecule has 0 saturated heterocycles. The second kappa shape index (κ2) is 10.1. The summed E-state index contributed by atoms with van der Waals surface area (Å²) in [4.78, 5) is 28.5. The van der Waals surface area contributed by atoms with Crippen LogP contribution in [0.2, 0.25) is 0 Å².